The Balaban J connectivity index is 0.000000223. The molecule has 11 aromatic rings. The molecule has 3 heterocycles. The highest BCUT2D eigenvalue weighted by Gasteiger charge is 2.33. The van der Waals surface area contributed by atoms with Gasteiger partial charge >= 0.3 is 36.3 Å². The molecule has 41 heteroatoms. The van der Waals surface area contributed by atoms with Crippen molar-refractivity contribution in [2.75, 3.05) is 33.6 Å². The number of aromatic nitrogens is 4. The molecule has 0 saturated carbocycles. The third-order valence-corrected chi connectivity index (χ3v) is 24.1. The van der Waals surface area contributed by atoms with E-state index in [2.05, 4.69) is 116 Å². The molecule has 0 saturated heterocycles. The SMILES string of the molecule is CC(C)N1C(=O)Cc2ccc(Br)c(Cl)c21.CC(C)Nc1c(N)ccc(Br)c1Cl.CC(C)Nc1c([N+](=O)[O-])ccc(Br)c1Cl.CC(C)n1c(=O)n(-c2cccc(OC(F)F)c2)c2ccc(Br)c(Cl)c21.CCOC(=O)c1ccc2c(c1Cl)n(C(C)C)c(=O)n2-c1cccc(OC(F)F)c1.Nc1ccc(Br)c(Cl)c1F.O=[N+]([O-])c1ccc(Br)c(Cl)c1F. The first-order valence-electron chi connectivity index (χ1n) is 34.9. The van der Waals surface area contributed by atoms with E-state index in [1.807, 2.05) is 79.7 Å². The monoisotopic (exact) mass is 2170 g/mol. The molecule has 0 atom stereocenters. The Hall–Kier alpha value is -7.45. The van der Waals surface area contributed by atoms with Crippen molar-refractivity contribution in [3.05, 3.63) is 259 Å². The first-order chi connectivity index (χ1) is 55.7. The van der Waals surface area contributed by atoms with Crippen LogP contribution in [0.3, 0.4) is 0 Å². The molecule has 0 unspecified atom stereocenters. The number of carbonyl (C=O) groups excluding carboxylic acids is 2. The van der Waals surface area contributed by atoms with E-state index in [0.29, 0.717) is 95.3 Å². The summed E-state index contributed by atoms with van der Waals surface area (Å²) in [5.74, 6) is -2.16. The summed E-state index contributed by atoms with van der Waals surface area (Å²) in [6, 6.07) is 34.4. The first-order valence-corrected chi connectivity index (χ1v) is 42.3. The number of rotatable bonds is 17. The Morgan fingerprint density at radius 3 is 1.34 bits per heavy atom. The number of hydrogen-bond acceptors (Lipinski definition) is 15. The number of anilines is 5. The molecule has 22 nitrogen and oxygen atoms in total. The largest absolute Gasteiger partial charge is 0.462 e. The third kappa shape index (κ3) is 25.4. The van der Waals surface area contributed by atoms with Crippen molar-refractivity contribution in [2.24, 2.45) is 0 Å². The van der Waals surface area contributed by atoms with Crippen molar-refractivity contribution in [2.45, 2.75) is 126 Å². The van der Waals surface area contributed by atoms with Gasteiger partial charge in [-0.2, -0.15) is 22.0 Å². The summed E-state index contributed by atoms with van der Waals surface area (Å²) in [7, 11) is 0. The number of imidazole rings is 2. The van der Waals surface area contributed by atoms with E-state index in [4.69, 9.17) is 97.4 Å². The molecule has 0 aliphatic carbocycles. The van der Waals surface area contributed by atoms with E-state index in [9.17, 15) is 65.7 Å². The van der Waals surface area contributed by atoms with Crippen molar-refractivity contribution < 1.29 is 60.0 Å². The molecule has 119 heavy (non-hydrogen) atoms. The van der Waals surface area contributed by atoms with Crippen LogP contribution in [0.2, 0.25) is 35.2 Å². The van der Waals surface area contributed by atoms with Gasteiger partial charge in [-0.15, -0.1) is 0 Å². The normalized spacial score (nSPS) is 11.4. The Labute approximate surface area is 763 Å². The molecule has 0 bridgehead atoms. The highest BCUT2D eigenvalue weighted by Crippen LogP contribution is 2.43. The number of alkyl halides is 4. The van der Waals surface area contributed by atoms with Crippen molar-refractivity contribution >= 4 is 251 Å². The number of nitro benzene ring substituents is 2. The Bertz CT molecular complexity index is 5670. The van der Waals surface area contributed by atoms with E-state index in [1.165, 1.54) is 68.3 Å². The number of esters is 1. The van der Waals surface area contributed by atoms with Crippen LogP contribution in [0.5, 0.6) is 11.5 Å². The van der Waals surface area contributed by atoms with Gasteiger partial charge in [-0.05, 0) is 268 Å². The standard InChI is InChI=1S/C20H19ClF2N2O4.C17H14BrClF2N2O2.C11H11BrClNO.C9H10BrClN2O2.C9H12BrClN2.C6H2BrClFNO2.C6H4BrClFN/c1-4-28-18(26)14-8-9-15-17(16(14)21)24(11(2)3)20(27)25(15)12-6-5-7-13(10-12)29-19(22)23;1-9(2)22-15-13(7-6-12(18)14(15)19)23(17(22)24)10-4-3-5-11(8-10)25-16(20)21;1-6(2)14-9(15)5-7-3-4-8(12)10(13)11(7)14;1-5(2)12-9-7(13(14)15)4-3-6(10)8(9)11;1-5(2)13-9-7(12)4-3-6(10)8(9)11;7-3-1-2-4(10(11)12)6(9)5(3)8;7-3-1-2-4(10)6(9)5(3)8/h5-11,19H,4H2,1-3H3;3-9,16H,1-2H3;3-4,6H,5H2,1-2H3;3-5,12H,1-2H3;3-5,13H,12H2,1-2H3;1-2H;1-2H,10H2. The summed E-state index contributed by atoms with van der Waals surface area (Å²) >= 11 is 61.3. The zero-order chi connectivity index (χ0) is 89.4. The van der Waals surface area contributed by atoms with Crippen LogP contribution in [-0.4, -0.2) is 77.9 Å². The summed E-state index contributed by atoms with van der Waals surface area (Å²) in [6.45, 7) is 15.1. The zero-order valence-electron chi connectivity index (χ0n) is 64.1. The van der Waals surface area contributed by atoms with Gasteiger partial charge in [0.15, 0.2) is 5.82 Å². The van der Waals surface area contributed by atoms with Crippen molar-refractivity contribution in [1.29, 1.82) is 0 Å². The average molecular weight is 2180 g/mol. The van der Waals surface area contributed by atoms with E-state index in [1.54, 1.807) is 78.8 Å². The summed E-state index contributed by atoms with van der Waals surface area (Å²) < 4.78 is 99.2. The van der Waals surface area contributed by atoms with Crippen molar-refractivity contribution in [3.8, 4) is 22.9 Å². The lowest BCUT2D eigenvalue weighted by atomic mass is 10.1. The predicted molar refractivity (Wildman–Crippen MR) is 484 cm³/mol. The number of ether oxygens (including phenoxy) is 3. The quantitative estimate of drug-likeness (QED) is 0.0165. The minimum Gasteiger partial charge on any atom is -0.462 e. The van der Waals surface area contributed by atoms with E-state index < -0.39 is 52.1 Å². The van der Waals surface area contributed by atoms with Crippen LogP contribution in [0.15, 0.2) is 170 Å². The van der Waals surface area contributed by atoms with Gasteiger partial charge < -0.3 is 41.2 Å². The van der Waals surface area contributed by atoms with Gasteiger partial charge in [0, 0.05) is 81.3 Å². The van der Waals surface area contributed by atoms with Crippen LogP contribution in [0.25, 0.3) is 33.4 Å². The first kappa shape index (κ1) is 100. The molecule has 638 valence electrons. The lowest BCUT2D eigenvalue weighted by Gasteiger charge is -2.23. The number of hydrogen-bond donors (Lipinski definition) is 4. The molecule has 0 fully saturated rings. The number of nitrogens with two attached hydrogens (primary N) is 2. The van der Waals surface area contributed by atoms with Gasteiger partial charge in [0.25, 0.3) is 5.69 Å². The second-order valence-corrected chi connectivity index (χ2v) is 34.0. The summed E-state index contributed by atoms with van der Waals surface area (Å²) in [5, 5.41) is 28.9. The van der Waals surface area contributed by atoms with E-state index >= 15 is 0 Å². The molecular formula is C78H72Br6Cl7F6N11O11. The molecule has 1 aliphatic heterocycles. The lowest BCUT2D eigenvalue weighted by Crippen LogP contribution is -2.33. The smallest absolute Gasteiger partial charge is 0.387 e. The molecule has 2 aromatic heterocycles. The number of fused-ring (bicyclic) bond motifs is 3. The second kappa shape index (κ2) is 45.1. The van der Waals surface area contributed by atoms with Gasteiger partial charge in [0.2, 0.25) is 11.7 Å². The van der Waals surface area contributed by atoms with Crippen LogP contribution in [-0.2, 0) is 16.0 Å². The maximum Gasteiger partial charge on any atom is 0.387 e. The maximum absolute atomic E-state index is 13.2. The number of halogens is 19. The Morgan fingerprint density at radius 1 is 0.496 bits per heavy atom. The summed E-state index contributed by atoms with van der Waals surface area (Å²) in [5.41, 5.74) is 16.2. The number of benzene rings is 9. The fourth-order valence-corrected chi connectivity index (χ4v) is 14.7. The fourth-order valence-electron chi connectivity index (χ4n) is 11.2. The number of nitrogen functional groups attached to an aromatic ring is 2. The van der Waals surface area contributed by atoms with Crippen LogP contribution in [0, 0.1) is 31.9 Å². The number of carbonyl (C=O) groups is 2. The molecule has 6 N–H and O–H groups in total. The van der Waals surface area contributed by atoms with Gasteiger partial charge in [-0.25, -0.2) is 18.8 Å². The van der Waals surface area contributed by atoms with Crippen LogP contribution in [0.4, 0.5) is 66.2 Å². The molecular weight excluding hydrogens is 2110 g/mol. The second-order valence-electron chi connectivity index (χ2n) is 26.2. The number of amides is 1. The topological polar surface area (TPSA) is 281 Å². The molecule has 12 rings (SSSR count). The van der Waals surface area contributed by atoms with E-state index in [0.717, 1.165) is 32.0 Å². The number of nitrogens with zero attached hydrogens (tertiary/aromatic N) is 7. The molecule has 1 aliphatic rings. The number of nitrogens with one attached hydrogen (secondary N) is 2. The van der Waals surface area contributed by atoms with Gasteiger partial charge in [-0.1, -0.05) is 99.4 Å². The highest BCUT2D eigenvalue weighted by atomic mass is 79.9. The number of nitro groups is 2. The predicted octanol–water partition coefficient (Wildman–Crippen LogP) is 26.9. The molecule has 1 amide bonds. The Kier molecular flexibility index (Phi) is 38.0. The molecule has 9 aromatic carbocycles. The lowest BCUT2D eigenvalue weighted by molar-refractivity contribution is -0.387. The van der Waals surface area contributed by atoms with Crippen LogP contribution < -0.4 is 47.9 Å². The average Bonchev–Trinajstić information content (AvgIpc) is 1.59. The van der Waals surface area contributed by atoms with Crippen molar-refractivity contribution in [1.82, 2.24) is 18.3 Å². The maximum atomic E-state index is 13.2. The van der Waals surface area contributed by atoms with Gasteiger partial charge in [-0.3, -0.25) is 43.3 Å². The van der Waals surface area contributed by atoms with Gasteiger partial charge in [0.05, 0.1) is 120 Å². The zero-order valence-corrected chi connectivity index (χ0v) is 78.9. The minimum atomic E-state index is -2.99. The third-order valence-electron chi connectivity index (χ3n) is 16.1. The van der Waals surface area contributed by atoms with Gasteiger partial charge in [0.1, 0.15) is 17.2 Å². The Morgan fingerprint density at radius 2 is 0.891 bits per heavy atom. The van der Waals surface area contributed by atoms with Crippen LogP contribution in [0.1, 0.15) is 104 Å². The summed E-state index contributed by atoms with van der Waals surface area (Å²) in [4.78, 5) is 71.6. The molecule has 0 spiro atoms. The summed E-state index contributed by atoms with van der Waals surface area (Å²) in [6.07, 6.45) is 0.459. The minimum absolute atomic E-state index is 0.0168. The fraction of sp³-hybridized carbons (Fsp3) is 0.256. The van der Waals surface area contributed by atoms with E-state index in [-0.39, 0.29) is 85.9 Å². The molecule has 0 radical (unpaired) electrons. The van der Waals surface area contributed by atoms with Crippen LogP contribution >= 0.6 is 177 Å². The highest BCUT2D eigenvalue weighted by molar-refractivity contribution is 9.11. The van der Waals surface area contributed by atoms with Crippen molar-refractivity contribution in [3.63, 3.8) is 0 Å².